The summed E-state index contributed by atoms with van der Waals surface area (Å²) >= 11 is 1.07. The first kappa shape index (κ1) is 30.5. The third-order valence-electron chi connectivity index (χ3n) is 8.25. The van der Waals surface area contributed by atoms with E-state index in [9.17, 15) is 29.4 Å². The molecule has 1 saturated carbocycles. The number of hydrogen-bond donors (Lipinski definition) is 3. The molecule has 2 heterocycles. The van der Waals surface area contributed by atoms with Crippen molar-refractivity contribution in [3.8, 4) is 5.75 Å². The van der Waals surface area contributed by atoms with Crippen LogP contribution in [0.25, 0.3) is 10.2 Å². The van der Waals surface area contributed by atoms with E-state index in [0.29, 0.717) is 52.7 Å². The highest BCUT2D eigenvalue weighted by atomic mass is 32.1. The molecule has 0 spiro atoms. The predicted molar refractivity (Wildman–Crippen MR) is 158 cm³/mol. The summed E-state index contributed by atoms with van der Waals surface area (Å²) in [7, 11) is 1.59. The standard InChI is InChI=1S/C30H39N3O7S/c1-6-31-25(35)24-17(2)23-26(36)33(30(3,4)28(37)38)29(39)32(27(23)41-24)16-19(15-18-11-13-20(34)14-12-18)21-9-7-8-10-22(21)40-5/h7-10,18-20,34H,6,11-16H2,1-5H3,(H,31,35)(H,37,38)/t18-,19-,20-/m0/s1. The molecular weight excluding hydrogens is 546 g/mol. The van der Waals surface area contributed by atoms with Crippen LogP contribution in [0.4, 0.5) is 0 Å². The zero-order chi connectivity index (χ0) is 30.1. The topological polar surface area (TPSA) is 140 Å². The number of para-hydroxylation sites is 1. The number of aromatic nitrogens is 2. The number of carbonyl (C=O) groups is 2. The number of carboxylic acid groups (broad SMARTS) is 1. The summed E-state index contributed by atoms with van der Waals surface area (Å²) in [4.78, 5) is 53.8. The Balaban J connectivity index is 1.97. The first-order valence-electron chi connectivity index (χ1n) is 14.0. The van der Waals surface area contributed by atoms with Crippen LogP contribution in [0.3, 0.4) is 0 Å². The molecule has 2 aromatic heterocycles. The number of ether oxygens (including phenoxy) is 1. The molecule has 10 nitrogen and oxygen atoms in total. The molecule has 0 bridgehead atoms. The SMILES string of the molecule is CCNC(=O)c1sc2c(c1C)c(=O)n(C(C)(C)C(=O)O)c(=O)n2C[C@H](C[C@H]1CC[C@H](O)CC1)c1ccccc1OC. The fourth-order valence-corrected chi connectivity index (χ4v) is 7.08. The Labute approximate surface area is 242 Å². The lowest BCUT2D eigenvalue weighted by atomic mass is 9.79. The summed E-state index contributed by atoms with van der Waals surface area (Å²) in [6, 6.07) is 7.60. The molecular formula is C30H39N3O7S. The van der Waals surface area contributed by atoms with Crippen molar-refractivity contribution in [1.82, 2.24) is 14.5 Å². The first-order valence-corrected chi connectivity index (χ1v) is 14.9. The van der Waals surface area contributed by atoms with Crippen molar-refractivity contribution in [2.45, 2.75) is 83.9 Å². The summed E-state index contributed by atoms with van der Waals surface area (Å²) in [5.74, 6) is -0.919. The molecule has 1 aromatic carbocycles. The van der Waals surface area contributed by atoms with Crippen molar-refractivity contribution in [1.29, 1.82) is 0 Å². The number of methoxy groups -OCH3 is 1. The van der Waals surface area contributed by atoms with Gasteiger partial charge in [0.25, 0.3) is 11.5 Å². The number of aliphatic hydroxyl groups is 1. The highest BCUT2D eigenvalue weighted by Crippen LogP contribution is 2.38. The highest BCUT2D eigenvalue weighted by molar-refractivity contribution is 7.20. The number of nitrogens with zero attached hydrogens (tertiary/aromatic N) is 2. The van der Waals surface area contributed by atoms with E-state index in [0.717, 1.165) is 34.3 Å². The van der Waals surface area contributed by atoms with Crippen LogP contribution in [-0.4, -0.2) is 51.0 Å². The summed E-state index contributed by atoms with van der Waals surface area (Å²) in [5, 5.41) is 23.0. The van der Waals surface area contributed by atoms with Crippen LogP contribution >= 0.6 is 11.3 Å². The van der Waals surface area contributed by atoms with Crippen LogP contribution in [-0.2, 0) is 16.9 Å². The van der Waals surface area contributed by atoms with Crippen LogP contribution in [0.1, 0.15) is 79.6 Å². The Morgan fingerprint density at radius 2 is 1.83 bits per heavy atom. The number of carboxylic acids is 1. The van der Waals surface area contributed by atoms with Crippen molar-refractivity contribution in [3.63, 3.8) is 0 Å². The third-order valence-corrected chi connectivity index (χ3v) is 9.57. The molecule has 11 heteroatoms. The lowest BCUT2D eigenvalue weighted by Crippen LogP contribution is -2.52. The number of carbonyl (C=O) groups excluding carboxylic acids is 1. The number of rotatable bonds is 10. The molecule has 222 valence electrons. The molecule has 0 unspecified atom stereocenters. The molecule has 1 fully saturated rings. The number of aryl methyl sites for hydroxylation is 1. The van der Waals surface area contributed by atoms with E-state index >= 15 is 0 Å². The van der Waals surface area contributed by atoms with Gasteiger partial charge in [0.05, 0.1) is 23.5 Å². The van der Waals surface area contributed by atoms with Gasteiger partial charge >= 0.3 is 11.7 Å². The lowest BCUT2D eigenvalue weighted by Gasteiger charge is -2.30. The van der Waals surface area contributed by atoms with Gasteiger partial charge in [-0.05, 0) is 82.9 Å². The second-order valence-electron chi connectivity index (χ2n) is 11.3. The molecule has 0 saturated heterocycles. The maximum Gasteiger partial charge on any atom is 0.333 e. The van der Waals surface area contributed by atoms with Crippen LogP contribution in [0, 0.1) is 12.8 Å². The van der Waals surface area contributed by atoms with Crippen LogP contribution in [0.15, 0.2) is 33.9 Å². The smallest absolute Gasteiger partial charge is 0.333 e. The van der Waals surface area contributed by atoms with Crippen LogP contribution in [0.2, 0.25) is 0 Å². The molecule has 1 aliphatic rings. The molecule has 0 radical (unpaired) electrons. The van der Waals surface area contributed by atoms with Gasteiger partial charge in [0.15, 0.2) is 0 Å². The maximum atomic E-state index is 14.1. The molecule has 1 amide bonds. The molecule has 1 atom stereocenters. The number of fused-ring (bicyclic) bond motifs is 1. The first-order chi connectivity index (χ1) is 19.4. The van der Waals surface area contributed by atoms with Gasteiger partial charge in [-0.1, -0.05) is 18.2 Å². The number of benzene rings is 1. The minimum Gasteiger partial charge on any atom is -0.496 e. The third kappa shape index (κ3) is 5.83. The van der Waals surface area contributed by atoms with Gasteiger partial charge < -0.3 is 20.3 Å². The normalized spacial score (nSPS) is 18.3. The van der Waals surface area contributed by atoms with Gasteiger partial charge in [0.2, 0.25) is 0 Å². The number of amides is 1. The van der Waals surface area contributed by atoms with Crippen molar-refractivity contribution in [3.05, 3.63) is 61.1 Å². The summed E-state index contributed by atoms with van der Waals surface area (Å²) in [6.45, 7) is 6.64. The summed E-state index contributed by atoms with van der Waals surface area (Å²) < 4.78 is 7.96. The van der Waals surface area contributed by atoms with Gasteiger partial charge in [-0.25, -0.2) is 14.2 Å². The largest absolute Gasteiger partial charge is 0.496 e. The second-order valence-corrected chi connectivity index (χ2v) is 12.3. The second kappa shape index (κ2) is 12.2. The van der Waals surface area contributed by atoms with Crippen molar-refractivity contribution in [2.24, 2.45) is 5.92 Å². The fraction of sp³-hybridized carbons (Fsp3) is 0.533. The Hall–Kier alpha value is -3.44. The van der Waals surface area contributed by atoms with E-state index in [2.05, 4.69) is 5.32 Å². The monoisotopic (exact) mass is 585 g/mol. The van der Waals surface area contributed by atoms with Gasteiger partial charge in [0, 0.05) is 19.0 Å². The number of aliphatic hydroxyl groups excluding tert-OH is 1. The van der Waals surface area contributed by atoms with Gasteiger partial charge in [-0.2, -0.15) is 0 Å². The number of hydrogen-bond acceptors (Lipinski definition) is 7. The molecule has 3 N–H and O–H groups in total. The Morgan fingerprint density at radius 1 is 1.17 bits per heavy atom. The average molecular weight is 586 g/mol. The van der Waals surface area contributed by atoms with Crippen molar-refractivity contribution in [2.75, 3.05) is 13.7 Å². The van der Waals surface area contributed by atoms with Crippen LogP contribution in [0.5, 0.6) is 5.75 Å². The molecule has 0 aliphatic heterocycles. The Morgan fingerprint density at radius 3 is 2.44 bits per heavy atom. The Kier molecular flexibility index (Phi) is 9.08. The predicted octanol–water partition coefficient (Wildman–Crippen LogP) is 3.84. The van der Waals surface area contributed by atoms with Crippen molar-refractivity contribution < 1.29 is 24.5 Å². The average Bonchev–Trinajstić information content (AvgIpc) is 3.28. The summed E-state index contributed by atoms with van der Waals surface area (Å²) in [6.07, 6.45) is 3.53. The van der Waals surface area contributed by atoms with E-state index in [1.54, 1.807) is 21.0 Å². The minimum absolute atomic E-state index is 0.152. The molecule has 3 aromatic rings. The van der Waals surface area contributed by atoms with Crippen molar-refractivity contribution >= 4 is 33.4 Å². The zero-order valence-corrected chi connectivity index (χ0v) is 25.0. The number of aliphatic carboxylic acids is 1. The quantitative estimate of drug-likeness (QED) is 0.329. The highest BCUT2D eigenvalue weighted by Gasteiger charge is 2.36. The van der Waals surface area contributed by atoms with Gasteiger partial charge in [-0.3, -0.25) is 14.2 Å². The van der Waals surface area contributed by atoms with E-state index in [-0.39, 0.29) is 29.9 Å². The lowest BCUT2D eigenvalue weighted by molar-refractivity contribution is -0.146. The Bertz CT molecular complexity index is 1560. The fourth-order valence-electron chi connectivity index (χ4n) is 5.86. The number of nitrogens with one attached hydrogen (secondary N) is 1. The molecule has 41 heavy (non-hydrogen) atoms. The maximum absolute atomic E-state index is 14.1. The van der Waals surface area contributed by atoms with E-state index < -0.39 is 22.8 Å². The van der Waals surface area contributed by atoms with E-state index in [1.165, 1.54) is 18.4 Å². The zero-order valence-electron chi connectivity index (χ0n) is 24.2. The van der Waals surface area contributed by atoms with Crippen LogP contribution < -0.4 is 21.3 Å². The van der Waals surface area contributed by atoms with E-state index in [4.69, 9.17) is 4.74 Å². The number of thiophene rings is 1. The van der Waals surface area contributed by atoms with E-state index in [1.807, 2.05) is 24.3 Å². The molecule has 1 aliphatic carbocycles. The minimum atomic E-state index is -1.83. The van der Waals surface area contributed by atoms with Gasteiger partial charge in [-0.15, -0.1) is 11.3 Å². The summed E-state index contributed by atoms with van der Waals surface area (Å²) in [5.41, 5.74) is -1.98. The van der Waals surface area contributed by atoms with Gasteiger partial charge in [0.1, 0.15) is 16.1 Å². The molecule has 4 rings (SSSR count).